The largest absolute Gasteiger partial charge is 0.308 e. The van der Waals surface area contributed by atoms with Gasteiger partial charge in [-0.3, -0.25) is 0 Å². The van der Waals surface area contributed by atoms with Crippen LogP contribution >= 0.6 is 0 Å². The predicted molar refractivity (Wildman–Crippen MR) is 281 cm³/mol. The topological polar surface area (TPSA) is 82.3 Å². The van der Waals surface area contributed by atoms with Gasteiger partial charge in [-0.15, -0.1) is 0 Å². The summed E-state index contributed by atoms with van der Waals surface area (Å²) in [4.78, 5) is 31.2. The van der Waals surface area contributed by atoms with Gasteiger partial charge in [0.15, 0.2) is 34.9 Å². The zero-order valence-electron chi connectivity index (χ0n) is 38.0. The molecule has 0 unspecified atom stereocenters. The maximum atomic E-state index is 5.35. The molecular weight excluding hydrogens is 843 g/mol. The average Bonchev–Trinajstić information content (AvgIpc) is 3.74. The van der Waals surface area contributed by atoms with E-state index in [0.29, 0.717) is 34.9 Å². The second-order valence-corrected chi connectivity index (χ2v) is 17.3. The van der Waals surface area contributed by atoms with Crippen LogP contribution in [0.4, 0.5) is 0 Å². The Hall–Kier alpha value is -9.20. The lowest BCUT2D eigenvalue weighted by Crippen LogP contribution is -2.05. The molecule has 0 bridgehead atoms. The van der Waals surface area contributed by atoms with Crippen LogP contribution in [0.25, 0.3) is 118 Å². The minimum atomic E-state index is 0.513. The SMILES string of the molecule is Cc1ccc(-c2ccc3c4ccc(-c5ccc(C)cc5)cc4n(-c4ccc(-c5nc(-c6ccccc6)nc(-c6ccccc6)n5)cc4-c4nc(-c5ccccc5)nc(-c5ccccc5)n4)c3c2)cc1. The summed E-state index contributed by atoms with van der Waals surface area (Å²) in [5, 5.41) is 2.27. The Kier molecular flexibility index (Phi) is 10.5. The molecule has 7 nitrogen and oxygen atoms in total. The van der Waals surface area contributed by atoms with E-state index in [1.807, 2.05) is 121 Å². The van der Waals surface area contributed by atoms with Crippen LogP contribution in [0.5, 0.6) is 0 Å². The van der Waals surface area contributed by atoms with Crippen molar-refractivity contribution in [2.45, 2.75) is 13.8 Å². The summed E-state index contributed by atoms with van der Waals surface area (Å²) < 4.78 is 2.38. The van der Waals surface area contributed by atoms with Crippen molar-refractivity contribution in [2.75, 3.05) is 0 Å². The molecule has 326 valence electrons. The minimum absolute atomic E-state index is 0.513. The number of aromatic nitrogens is 7. The highest BCUT2D eigenvalue weighted by Crippen LogP contribution is 2.41. The second kappa shape index (κ2) is 17.5. The lowest BCUT2D eigenvalue weighted by atomic mass is 10.0. The van der Waals surface area contributed by atoms with Crippen LogP contribution in [0.15, 0.2) is 224 Å². The van der Waals surface area contributed by atoms with Crippen molar-refractivity contribution >= 4 is 21.8 Å². The van der Waals surface area contributed by atoms with Gasteiger partial charge in [0, 0.05) is 44.2 Å². The van der Waals surface area contributed by atoms with E-state index in [0.717, 1.165) is 83.1 Å². The Bertz CT molecular complexity index is 3600. The van der Waals surface area contributed by atoms with Crippen molar-refractivity contribution in [3.05, 3.63) is 236 Å². The summed E-state index contributed by atoms with van der Waals surface area (Å²) in [7, 11) is 0. The van der Waals surface area contributed by atoms with Gasteiger partial charge in [-0.25, -0.2) is 29.9 Å². The van der Waals surface area contributed by atoms with Crippen LogP contribution in [-0.2, 0) is 0 Å². The van der Waals surface area contributed by atoms with Gasteiger partial charge in [0.1, 0.15) is 0 Å². The van der Waals surface area contributed by atoms with Crippen LogP contribution < -0.4 is 0 Å². The third kappa shape index (κ3) is 8.02. The molecule has 7 heteroatoms. The Balaban J connectivity index is 1.17. The Morgan fingerprint density at radius 2 is 0.580 bits per heavy atom. The fourth-order valence-electron chi connectivity index (χ4n) is 9.05. The molecule has 3 aromatic heterocycles. The van der Waals surface area contributed by atoms with Gasteiger partial charge in [0.2, 0.25) is 0 Å². The van der Waals surface area contributed by atoms with Gasteiger partial charge in [-0.1, -0.05) is 205 Å². The number of benzene rings is 9. The van der Waals surface area contributed by atoms with E-state index in [1.165, 1.54) is 11.1 Å². The van der Waals surface area contributed by atoms with E-state index in [9.17, 15) is 0 Å². The molecule has 12 rings (SSSR count). The van der Waals surface area contributed by atoms with E-state index in [-0.39, 0.29) is 0 Å². The van der Waals surface area contributed by atoms with Gasteiger partial charge < -0.3 is 4.57 Å². The van der Waals surface area contributed by atoms with Crippen molar-refractivity contribution in [3.8, 4) is 96.3 Å². The number of hydrogen-bond donors (Lipinski definition) is 0. The van der Waals surface area contributed by atoms with E-state index in [4.69, 9.17) is 29.9 Å². The molecule has 3 heterocycles. The Labute approximate surface area is 400 Å². The van der Waals surface area contributed by atoms with Gasteiger partial charge in [-0.05, 0) is 66.4 Å². The van der Waals surface area contributed by atoms with Crippen molar-refractivity contribution in [2.24, 2.45) is 0 Å². The molecule has 0 atom stereocenters. The third-order valence-electron chi connectivity index (χ3n) is 12.7. The summed E-state index contributed by atoms with van der Waals surface area (Å²) in [6.07, 6.45) is 0. The number of hydrogen-bond acceptors (Lipinski definition) is 6. The quantitative estimate of drug-likeness (QED) is 0.144. The summed E-state index contributed by atoms with van der Waals surface area (Å²) in [6.45, 7) is 4.24. The van der Waals surface area contributed by atoms with Crippen molar-refractivity contribution in [1.29, 1.82) is 0 Å². The molecule has 69 heavy (non-hydrogen) atoms. The van der Waals surface area contributed by atoms with Gasteiger partial charge >= 0.3 is 0 Å². The molecule has 0 spiro atoms. The molecule has 0 saturated carbocycles. The first-order chi connectivity index (χ1) is 34.0. The predicted octanol–water partition coefficient (Wildman–Crippen LogP) is 15.1. The molecule has 0 N–H and O–H groups in total. The van der Waals surface area contributed by atoms with Crippen LogP contribution in [0.3, 0.4) is 0 Å². The van der Waals surface area contributed by atoms with E-state index in [1.54, 1.807) is 0 Å². The maximum Gasteiger partial charge on any atom is 0.166 e. The number of fused-ring (bicyclic) bond motifs is 3. The normalized spacial score (nSPS) is 11.3. The fourth-order valence-corrected chi connectivity index (χ4v) is 9.05. The number of rotatable bonds is 9. The smallest absolute Gasteiger partial charge is 0.166 e. The maximum absolute atomic E-state index is 5.35. The molecule has 0 aliphatic carbocycles. The van der Waals surface area contributed by atoms with Gasteiger partial charge in [-0.2, -0.15) is 0 Å². The molecule has 0 fully saturated rings. The minimum Gasteiger partial charge on any atom is -0.308 e. The monoisotopic (exact) mass is 885 g/mol. The molecular formula is C62H43N7. The van der Waals surface area contributed by atoms with Crippen LogP contribution in [0, 0.1) is 13.8 Å². The van der Waals surface area contributed by atoms with Crippen LogP contribution in [-0.4, -0.2) is 34.5 Å². The molecule has 12 aromatic rings. The third-order valence-corrected chi connectivity index (χ3v) is 12.7. The highest BCUT2D eigenvalue weighted by atomic mass is 15.1. The van der Waals surface area contributed by atoms with Crippen LogP contribution in [0.1, 0.15) is 11.1 Å². The summed E-state index contributed by atoms with van der Waals surface area (Å²) in [5.41, 5.74) is 15.1. The van der Waals surface area contributed by atoms with E-state index < -0.39 is 0 Å². The second-order valence-electron chi connectivity index (χ2n) is 17.3. The van der Waals surface area contributed by atoms with E-state index in [2.05, 4.69) is 122 Å². The van der Waals surface area contributed by atoms with Crippen molar-refractivity contribution in [3.63, 3.8) is 0 Å². The Morgan fingerprint density at radius 3 is 0.957 bits per heavy atom. The molecule has 0 aliphatic rings. The molecule has 0 amide bonds. The zero-order chi connectivity index (χ0) is 46.3. The summed E-state index contributed by atoms with van der Waals surface area (Å²) in [5.74, 6) is 3.34. The molecule has 0 aliphatic heterocycles. The van der Waals surface area contributed by atoms with Crippen molar-refractivity contribution < 1.29 is 0 Å². The van der Waals surface area contributed by atoms with Gasteiger partial charge in [0.25, 0.3) is 0 Å². The average molecular weight is 886 g/mol. The zero-order valence-corrected chi connectivity index (χ0v) is 38.0. The Morgan fingerprint density at radius 1 is 0.261 bits per heavy atom. The highest BCUT2D eigenvalue weighted by molar-refractivity contribution is 6.11. The molecule has 9 aromatic carbocycles. The van der Waals surface area contributed by atoms with Crippen molar-refractivity contribution in [1.82, 2.24) is 34.5 Å². The van der Waals surface area contributed by atoms with Crippen LogP contribution in [0.2, 0.25) is 0 Å². The summed E-state index contributed by atoms with van der Waals surface area (Å²) >= 11 is 0. The fraction of sp³-hybridized carbons (Fsp3) is 0.0323. The highest BCUT2D eigenvalue weighted by Gasteiger charge is 2.23. The molecule has 0 radical (unpaired) electrons. The van der Waals surface area contributed by atoms with Gasteiger partial charge in [0.05, 0.1) is 16.7 Å². The first-order valence-electron chi connectivity index (χ1n) is 23.1. The first-order valence-corrected chi connectivity index (χ1v) is 23.1. The lowest BCUT2D eigenvalue weighted by Gasteiger charge is -2.17. The number of aryl methyl sites for hydroxylation is 2. The summed E-state index contributed by atoms with van der Waals surface area (Å²) in [6, 6.07) is 77.8. The lowest BCUT2D eigenvalue weighted by molar-refractivity contribution is 1.06. The first kappa shape index (κ1) is 41.2. The number of nitrogens with zero attached hydrogens (tertiary/aromatic N) is 7. The molecule has 0 saturated heterocycles. The van der Waals surface area contributed by atoms with E-state index >= 15 is 0 Å². The standard InChI is InChI=1S/C62H43N7/c1-40-23-27-42(28-24-40)48-31-34-51-52-35-32-49(43-29-25-41(2)26-30-43)39-56(52)69(55(51)38-48)54-36-33-50(61-65-57(44-15-7-3-8-16-44)63-58(66-61)45-17-9-4-10-18-45)37-53(54)62-67-59(46-19-11-5-12-20-46)64-60(68-62)47-21-13-6-14-22-47/h3-39H,1-2H3.